The van der Waals surface area contributed by atoms with Crippen LogP contribution in [0.4, 0.5) is 11.4 Å². The van der Waals surface area contributed by atoms with Crippen LogP contribution in [-0.4, -0.2) is 25.3 Å². The normalized spacial score (nSPS) is 22.3. The van der Waals surface area contributed by atoms with Crippen molar-refractivity contribution >= 4 is 11.4 Å². The van der Waals surface area contributed by atoms with E-state index in [-0.39, 0.29) is 5.60 Å². The number of nitrogen functional groups attached to an aromatic ring is 1. The third kappa shape index (κ3) is 1.30. The Kier molecular flexibility index (Phi) is 1.74. The molecule has 15 heavy (non-hydrogen) atoms. The standard InChI is InChI=1S/C12H16N2O/c1-9-6-10(13)2-3-11(9)14-7-12(8-14)4-5-15-12/h2-3,6H,4-5,7-8,13H2,1H3. The van der Waals surface area contributed by atoms with Crippen LogP contribution in [0.2, 0.25) is 0 Å². The Morgan fingerprint density at radius 1 is 1.40 bits per heavy atom. The van der Waals surface area contributed by atoms with Crippen molar-refractivity contribution in [3.8, 4) is 0 Å². The largest absolute Gasteiger partial charge is 0.399 e. The van der Waals surface area contributed by atoms with Crippen LogP contribution in [0.1, 0.15) is 12.0 Å². The second kappa shape index (κ2) is 2.89. The van der Waals surface area contributed by atoms with Crippen molar-refractivity contribution in [2.45, 2.75) is 18.9 Å². The fourth-order valence-corrected chi connectivity index (χ4v) is 2.49. The summed E-state index contributed by atoms with van der Waals surface area (Å²) >= 11 is 0. The number of rotatable bonds is 1. The molecule has 0 radical (unpaired) electrons. The predicted molar refractivity (Wildman–Crippen MR) is 61.1 cm³/mol. The summed E-state index contributed by atoms with van der Waals surface area (Å²) in [6.45, 7) is 5.13. The van der Waals surface area contributed by atoms with E-state index in [2.05, 4.69) is 17.9 Å². The van der Waals surface area contributed by atoms with Gasteiger partial charge in [0, 0.05) is 30.9 Å². The fraction of sp³-hybridized carbons (Fsp3) is 0.500. The first-order valence-electron chi connectivity index (χ1n) is 5.44. The second-order valence-electron chi connectivity index (χ2n) is 4.68. The molecule has 1 spiro atoms. The molecule has 3 heteroatoms. The molecular weight excluding hydrogens is 188 g/mol. The Bertz CT molecular complexity index is 391. The van der Waals surface area contributed by atoms with E-state index < -0.39 is 0 Å². The van der Waals surface area contributed by atoms with Crippen molar-refractivity contribution in [3.05, 3.63) is 23.8 Å². The van der Waals surface area contributed by atoms with E-state index in [4.69, 9.17) is 10.5 Å². The summed E-state index contributed by atoms with van der Waals surface area (Å²) in [7, 11) is 0. The lowest BCUT2D eigenvalue weighted by Crippen LogP contribution is -2.68. The zero-order valence-electron chi connectivity index (χ0n) is 8.99. The lowest BCUT2D eigenvalue weighted by atomic mass is 9.85. The summed E-state index contributed by atoms with van der Waals surface area (Å²) in [5.41, 5.74) is 9.33. The quantitative estimate of drug-likeness (QED) is 0.705. The molecule has 1 aromatic carbocycles. The second-order valence-corrected chi connectivity index (χ2v) is 4.68. The van der Waals surface area contributed by atoms with E-state index in [0.29, 0.717) is 0 Å². The summed E-state index contributed by atoms with van der Waals surface area (Å²) in [6.07, 6.45) is 1.22. The minimum atomic E-state index is 0.202. The van der Waals surface area contributed by atoms with Gasteiger partial charge in [-0.3, -0.25) is 0 Å². The first kappa shape index (κ1) is 9.04. The van der Waals surface area contributed by atoms with Crippen molar-refractivity contribution in [2.75, 3.05) is 30.3 Å². The fourth-order valence-electron chi connectivity index (χ4n) is 2.49. The topological polar surface area (TPSA) is 38.5 Å². The molecular formula is C12H16N2O. The van der Waals surface area contributed by atoms with Gasteiger partial charge in [-0.2, -0.15) is 0 Å². The Hall–Kier alpha value is -1.22. The molecule has 0 atom stereocenters. The molecule has 0 aromatic heterocycles. The van der Waals surface area contributed by atoms with E-state index in [0.717, 1.165) is 25.4 Å². The van der Waals surface area contributed by atoms with Crippen molar-refractivity contribution in [1.82, 2.24) is 0 Å². The third-order valence-corrected chi connectivity index (χ3v) is 3.49. The van der Waals surface area contributed by atoms with Gasteiger partial charge in [-0.25, -0.2) is 0 Å². The highest BCUT2D eigenvalue weighted by molar-refractivity contribution is 5.61. The Morgan fingerprint density at radius 2 is 2.13 bits per heavy atom. The highest BCUT2D eigenvalue weighted by atomic mass is 16.5. The Balaban J connectivity index is 1.77. The van der Waals surface area contributed by atoms with Gasteiger partial charge >= 0.3 is 0 Å². The Morgan fingerprint density at radius 3 is 2.67 bits per heavy atom. The van der Waals surface area contributed by atoms with Gasteiger partial charge in [-0.1, -0.05) is 0 Å². The average Bonchev–Trinajstić information content (AvgIpc) is 2.03. The number of hydrogen-bond donors (Lipinski definition) is 1. The molecule has 2 fully saturated rings. The molecule has 0 unspecified atom stereocenters. The number of ether oxygens (including phenoxy) is 1. The van der Waals surface area contributed by atoms with E-state index in [1.165, 1.54) is 17.7 Å². The van der Waals surface area contributed by atoms with Crippen molar-refractivity contribution < 1.29 is 4.74 Å². The molecule has 80 valence electrons. The van der Waals surface area contributed by atoms with Crippen LogP contribution < -0.4 is 10.6 Å². The lowest BCUT2D eigenvalue weighted by molar-refractivity contribution is -0.160. The maximum Gasteiger partial charge on any atom is 0.105 e. The molecule has 2 saturated heterocycles. The van der Waals surface area contributed by atoms with Gasteiger partial charge in [0.1, 0.15) is 5.60 Å². The van der Waals surface area contributed by atoms with Crippen LogP contribution in [-0.2, 0) is 4.74 Å². The molecule has 3 nitrogen and oxygen atoms in total. The van der Waals surface area contributed by atoms with Gasteiger partial charge in [-0.15, -0.1) is 0 Å². The maximum atomic E-state index is 5.73. The third-order valence-electron chi connectivity index (χ3n) is 3.49. The molecule has 3 rings (SSSR count). The first-order chi connectivity index (χ1) is 7.19. The van der Waals surface area contributed by atoms with Crippen molar-refractivity contribution in [3.63, 3.8) is 0 Å². The minimum absolute atomic E-state index is 0.202. The molecule has 0 amide bonds. The number of nitrogens with zero attached hydrogens (tertiary/aromatic N) is 1. The Labute approximate surface area is 89.8 Å². The number of benzene rings is 1. The highest BCUT2D eigenvalue weighted by Gasteiger charge is 2.49. The smallest absolute Gasteiger partial charge is 0.105 e. The summed E-state index contributed by atoms with van der Waals surface area (Å²) in [6, 6.07) is 6.10. The van der Waals surface area contributed by atoms with Gasteiger partial charge in [-0.05, 0) is 30.7 Å². The van der Waals surface area contributed by atoms with E-state index in [9.17, 15) is 0 Å². The predicted octanol–water partition coefficient (Wildman–Crippen LogP) is 1.56. The van der Waals surface area contributed by atoms with Gasteiger partial charge in [0.2, 0.25) is 0 Å². The molecule has 0 bridgehead atoms. The summed E-state index contributed by atoms with van der Waals surface area (Å²) in [4.78, 5) is 2.37. The van der Waals surface area contributed by atoms with Crippen LogP contribution in [0.3, 0.4) is 0 Å². The monoisotopic (exact) mass is 204 g/mol. The summed E-state index contributed by atoms with van der Waals surface area (Å²) < 4.78 is 5.60. The summed E-state index contributed by atoms with van der Waals surface area (Å²) in [5, 5.41) is 0. The van der Waals surface area contributed by atoms with Gasteiger partial charge in [0.15, 0.2) is 0 Å². The number of nitrogens with two attached hydrogens (primary N) is 1. The average molecular weight is 204 g/mol. The van der Waals surface area contributed by atoms with Gasteiger partial charge in [0.05, 0.1) is 6.61 Å². The van der Waals surface area contributed by atoms with Crippen molar-refractivity contribution in [2.24, 2.45) is 0 Å². The molecule has 0 saturated carbocycles. The van der Waals surface area contributed by atoms with Crippen molar-refractivity contribution in [1.29, 1.82) is 0 Å². The number of aryl methyl sites for hydroxylation is 1. The van der Waals surface area contributed by atoms with Crippen LogP contribution in [0.15, 0.2) is 18.2 Å². The highest BCUT2D eigenvalue weighted by Crippen LogP contribution is 2.39. The molecule has 2 aliphatic heterocycles. The van der Waals surface area contributed by atoms with Crippen LogP contribution in [0, 0.1) is 6.92 Å². The van der Waals surface area contributed by atoms with Gasteiger partial charge in [0.25, 0.3) is 0 Å². The van der Waals surface area contributed by atoms with E-state index >= 15 is 0 Å². The number of anilines is 2. The van der Waals surface area contributed by atoms with E-state index in [1.54, 1.807) is 0 Å². The van der Waals surface area contributed by atoms with Gasteiger partial charge < -0.3 is 15.4 Å². The lowest BCUT2D eigenvalue weighted by Gasteiger charge is -2.56. The zero-order valence-corrected chi connectivity index (χ0v) is 8.99. The van der Waals surface area contributed by atoms with Crippen LogP contribution in [0.5, 0.6) is 0 Å². The molecule has 2 N–H and O–H groups in total. The van der Waals surface area contributed by atoms with Crippen LogP contribution in [0.25, 0.3) is 0 Å². The van der Waals surface area contributed by atoms with E-state index in [1.807, 2.05) is 12.1 Å². The zero-order chi connectivity index (χ0) is 10.5. The maximum absolute atomic E-state index is 5.73. The van der Waals surface area contributed by atoms with Crippen LogP contribution >= 0.6 is 0 Å². The molecule has 1 aromatic rings. The number of hydrogen-bond acceptors (Lipinski definition) is 3. The molecule has 2 aliphatic rings. The first-order valence-corrected chi connectivity index (χ1v) is 5.44. The SMILES string of the molecule is Cc1cc(N)ccc1N1CC2(CCO2)C1. The summed E-state index contributed by atoms with van der Waals surface area (Å²) in [5.74, 6) is 0. The minimum Gasteiger partial charge on any atom is -0.399 e. The molecule has 0 aliphatic carbocycles. The molecule has 2 heterocycles.